The molecule has 182 valence electrons. The zero-order chi connectivity index (χ0) is 24.5. The molecule has 1 aliphatic heterocycles. The molecular formula is C25H33FN6OS. The largest absolute Gasteiger partial charge is 0.490 e. The third-order valence-corrected chi connectivity index (χ3v) is 6.17. The van der Waals surface area contributed by atoms with Crippen molar-refractivity contribution in [2.75, 3.05) is 30.8 Å². The van der Waals surface area contributed by atoms with E-state index in [0.29, 0.717) is 11.6 Å². The van der Waals surface area contributed by atoms with Crippen LogP contribution in [0.15, 0.2) is 65.9 Å². The molecule has 0 aliphatic carbocycles. The van der Waals surface area contributed by atoms with Crippen molar-refractivity contribution >= 4 is 23.4 Å². The number of nitrogen functional groups attached to an aromatic ring is 2. The van der Waals surface area contributed by atoms with Crippen LogP contribution in [0.3, 0.4) is 0 Å². The van der Waals surface area contributed by atoms with E-state index in [0.717, 1.165) is 49.1 Å². The van der Waals surface area contributed by atoms with E-state index < -0.39 is 0 Å². The van der Waals surface area contributed by atoms with Gasteiger partial charge in [-0.3, -0.25) is 9.47 Å². The molecule has 34 heavy (non-hydrogen) atoms. The summed E-state index contributed by atoms with van der Waals surface area (Å²) < 4.78 is 19.4. The third-order valence-electron chi connectivity index (χ3n) is 5.52. The molecule has 3 aromatic rings. The van der Waals surface area contributed by atoms with Crippen molar-refractivity contribution in [2.24, 2.45) is 0 Å². The van der Waals surface area contributed by atoms with Gasteiger partial charge < -0.3 is 16.2 Å². The zero-order valence-corrected chi connectivity index (χ0v) is 20.8. The number of nitrogens with zero attached hydrogens (tertiary/aromatic N) is 4. The number of aromatic nitrogens is 3. The van der Waals surface area contributed by atoms with Crippen molar-refractivity contribution in [1.29, 1.82) is 0 Å². The third kappa shape index (κ3) is 7.23. The lowest BCUT2D eigenvalue weighted by molar-refractivity contribution is 0.0968. The van der Waals surface area contributed by atoms with Crippen molar-refractivity contribution in [3.63, 3.8) is 0 Å². The summed E-state index contributed by atoms with van der Waals surface area (Å²) in [4.78, 5) is 10.8. The van der Waals surface area contributed by atoms with Gasteiger partial charge in [-0.05, 0) is 74.9 Å². The number of halogens is 1. The average Bonchev–Trinajstić information content (AvgIpc) is 3.21. The van der Waals surface area contributed by atoms with E-state index >= 15 is 0 Å². The number of nitrogens with two attached hydrogens (primary N) is 2. The van der Waals surface area contributed by atoms with Gasteiger partial charge in [0, 0.05) is 31.5 Å². The molecule has 1 aliphatic rings. The molecule has 0 atom stereocenters. The zero-order valence-electron chi connectivity index (χ0n) is 19.9. The maximum absolute atomic E-state index is 11.3. The van der Waals surface area contributed by atoms with Crippen molar-refractivity contribution in [1.82, 2.24) is 19.4 Å². The molecule has 4 N–H and O–H groups in total. The van der Waals surface area contributed by atoms with Gasteiger partial charge in [-0.1, -0.05) is 17.8 Å². The molecule has 0 spiro atoms. The fourth-order valence-electron chi connectivity index (χ4n) is 3.65. The minimum Gasteiger partial charge on any atom is -0.490 e. The number of benzene rings is 1. The van der Waals surface area contributed by atoms with E-state index in [2.05, 4.69) is 14.9 Å². The quantitative estimate of drug-likeness (QED) is 0.471. The number of ether oxygens (including phenoxy) is 1. The van der Waals surface area contributed by atoms with E-state index in [1.54, 1.807) is 31.1 Å². The van der Waals surface area contributed by atoms with Crippen molar-refractivity contribution in [3.05, 3.63) is 66.3 Å². The Labute approximate surface area is 205 Å². The number of imidazole rings is 1. The summed E-state index contributed by atoms with van der Waals surface area (Å²) in [5.41, 5.74) is 14.0. The molecular weight excluding hydrogens is 451 g/mol. The van der Waals surface area contributed by atoms with Gasteiger partial charge in [0.15, 0.2) is 5.16 Å². The summed E-state index contributed by atoms with van der Waals surface area (Å²) in [5, 5.41) is 0.875. The van der Waals surface area contributed by atoms with Gasteiger partial charge in [0.25, 0.3) is 0 Å². The molecule has 0 saturated carbocycles. The highest BCUT2D eigenvalue weighted by atomic mass is 32.2. The van der Waals surface area contributed by atoms with Gasteiger partial charge in [-0.25, -0.2) is 14.4 Å². The first-order valence-corrected chi connectivity index (χ1v) is 12.5. The molecule has 0 radical (unpaired) electrons. The topological polar surface area (TPSA) is 95.2 Å². The molecule has 3 heterocycles. The number of hydrogen-bond acceptors (Lipinski definition) is 7. The smallest absolute Gasteiger partial charge is 0.173 e. The van der Waals surface area contributed by atoms with E-state index in [4.69, 9.17) is 16.2 Å². The van der Waals surface area contributed by atoms with E-state index in [-0.39, 0.29) is 11.9 Å². The molecule has 2 aromatic heterocycles. The summed E-state index contributed by atoms with van der Waals surface area (Å²) in [6.45, 7) is 5.99. The van der Waals surface area contributed by atoms with Crippen LogP contribution in [0.1, 0.15) is 32.3 Å². The van der Waals surface area contributed by atoms with Crippen LogP contribution in [0.4, 0.5) is 16.0 Å². The number of allylic oxidation sites excluding steroid dienone is 2. The van der Waals surface area contributed by atoms with Crippen LogP contribution in [-0.4, -0.2) is 44.9 Å². The number of likely N-dealkylation sites (tertiary alicyclic amines) is 1. The second-order valence-corrected chi connectivity index (χ2v) is 8.83. The lowest BCUT2D eigenvalue weighted by atomic mass is 10.1. The maximum Gasteiger partial charge on any atom is 0.173 e. The Balaban J connectivity index is 0.000000588. The van der Waals surface area contributed by atoms with Crippen LogP contribution in [0.2, 0.25) is 0 Å². The molecule has 1 saturated heterocycles. The van der Waals surface area contributed by atoms with Crippen LogP contribution in [0.5, 0.6) is 5.75 Å². The molecule has 0 unspecified atom stereocenters. The minimum absolute atomic E-state index is 0.120. The standard InChI is InChI=1S/C21H26N6OS.C4H7F/c1-29-21-25-13-20(23)27(21)16-2-4-17(5-3-16)28-18-7-10-26(11-8-18)14-15-6-9-24-19(22)12-15;1-3-4(2)5/h2-6,9,12-13,18H,7-8,10-11,14,23H2,1H3,(H2,22,24);3H,1-2H3/b;4-3+. The first-order valence-electron chi connectivity index (χ1n) is 11.2. The normalized spacial score (nSPS) is 15.0. The highest BCUT2D eigenvalue weighted by Gasteiger charge is 2.21. The molecule has 0 amide bonds. The number of hydrogen-bond donors (Lipinski definition) is 2. The van der Waals surface area contributed by atoms with Crippen molar-refractivity contribution < 1.29 is 9.13 Å². The van der Waals surface area contributed by atoms with Gasteiger partial charge >= 0.3 is 0 Å². The molecule has 4 rings (SSSR count). The van der Waals surface area contributed by atoms with Crippen LogP contribution in [0.25, 0.3) is 5.69 Å². The highest BCUT2D eigenvalue weighted by molar-refractivity contribution is 7.98. The second kappa shape index (κ2) is 12.4. The fourth-order valence-corrected chi connectivity index (χ4v) is 4.20. The Morgan fingerprint density at radius 2 is 1.85 bits per heavy atom. The van der Waals surface area contributed by atoms with E-state index in [1.165, 1.54) is 18.6 Å². The SMILES string of the molecule is C/C=C(\C)F.CSc1ncc(N)n1-c1ccc(OC2CCN(Cc3ccnc(N)c3)CC2)cc1. The second-order valence-electron chi connectivity index (χ2n) is 8.06. The van der Waals surface area contributed by atoms with Crippen molar-refractivity contribution in [2.45, 2.75) is 44.5 Å². The molecule has 7 nitrogen and oxygen atoms in total. The van der Waals surface area contributed by atoms with Gasteiger partial charge in [-0.15, -0.1) is 0 Å². The molecule has 1 aromatic carbocycles. The van der Waals surface area contributed by atoms with Gasteiger partial charge in [0.05, 0.1) is 12.0 Å². The summed E-state index contributed by atoms with van der Waals surface area (Å²) in [5.74, 6) is 1.97. The predicted molar refractivity (Wildman–Crippen MR) is 138 cm³/mol. The van der Waals surface area contributed by atoms with Crippen LogP contribution < -0.4 is 16.2 Å². The summed E-state index contributed by atoms with van der Waals surface area (Å²) >= 11 is 1.57. The van der Waals surface area contributed by atoms with Gasteiger partial charge in [0.1, 0.15) is 23.5 Å². The summed E-state index contributed by atoms with van der Waals surface area (Å²) in [6.07, 6.45) is 9.11. The lowest BCUT2D eigenvalue weighted by Crippen LogP contribution is -2.37. The van der Waals surface area contributed by atoms with Gasteiger partial charge in [0.2, 0.25) is 0 Å². The van der Waals surface area contributed by atoms with Crippen LogP contribution in [0, 0.1) is 0 Å². The summed E-state index contributed by atoms with van der Waals surface area (Å²) in [6, 6.07) is 12.0. The number of pyridine rings is 1. The fraction of sp³-hybridized carbons (Fsp3) is 0.360. The van der Waals surface area contributed by atoms with Gasteiger partial charge in [-0.2, -0.15) is 0 Å². The van der Waals surface area contributed by atoms with Crippen LogP contribution in [-0.2, 0) is 6.54 Å². The number of rotatable bonds is 6. The lowest BCUT2D eigenvalue weighted by Gasteiger charge is -2.32. The predicted octanol–water partition coefficient (Wildman–Crippen LogP) is 5.08. The minimum atomic E-state index is -0.120. The maximum atomic E-state index is 11.3. The average molecular weight is 485 g/mol. The van der Waals surface area contributed by atoms with Crippen LogP contribution >= 0.6 is 11.8 Å². The Morgan fingerprint density at radius 3 is 2.44 bits per heavy atom. The summed E-state index contributed by atoms with van der Waals surface area (Å²) in [7, 11) is 0. The highest BCUT2D eigenvalue weighted by Crippen LogP contribution is 2.26. The molecule has 9 heteroatoms. The Bertz CT molecular complexity index is 1070. The monoisotopic (exact) mass is 484 g/mol. The first kappa shape index (κ1) is 25.6. The molecule has 1 fully saturated rings. The van der Waals surface area contributed by atoms with Crippen molar-refractivity contribution in [3.8, 4) is 11.4 Å². The Hall–Kier alpha value is -3.04. The Kier molecular flexibility index (Phi) is 9.35. The molecule has 0 bridgehead atoms. The number of thioether (sulfide) groups is 1. The first-order chi connectivity index (χ1) is 16.4. The van der Waals surface area contributed by atoms with E-state index in [9.17, 15) is 4.39 Å². The number of piperidine rings is 1. The Morgan fingerprint density at radius 1 is 1.18 bits per heavy atom. The van der Waals surface area contributed by atoms with E-state index in [1.807, 2.05) is 47.2 Å². The number of anilines is 2.